The fraction of sp³-hybridized carbons (Fsp3) is 0.529. The zero-order valence-electron chi connectivity index (χ0n) is 42.0. The van der Waals surface area contributed by atoms with Gasteiger partial charge in [0.1, 0.15) is 0 Å². The Kier molecular flexibility index (Phi) is 17.6. The van der Waals surface area contributed by atoms with Gasteiger partial charge in [0.05, 0.1) is 19.6 Å². The predicted molar refractivity (Wildman–Crippen MR) is 270 cm³/mol. The fourth-order valence-corrected chi connectivity index (χ4v) is 17.6. The molecule has 4 aromatic carbocycles. The van der Waals surface area contributed by atoms with Crippen LogP contribution in [0.1, 0.15) is 106 Å². The fourth-order valence-electron chi connectivity index (χ4n) is 10.3. The van der Waals surface area contributed by atoms with Crippen molar-refractivity contribution in [2.75, 3.05) is 45.8 Å². The molecule has 16 heteroatoms. The van der Waals surface area contributed by atoms with E-state index in [0.29, 0.717) is 81.5 Å². The molecule has 0 saturated heterocycles. The van der Waals surface area contributed by atoms with Crippen molar-refractivity contribution in [3.05, 3.63) is 115 Å². The molecule has 4 aromatic rings. The van der Waals surface area contributed by atoms with Gasteiger partial charge in [0.2, 0.25) is 40.1 Å². The minimum atomic E-state index is -4.01. The molecule has 0 aromatic heterocycles. The number of nitrogens with one attached hydrogen (secondary N) is 1. The summed E-state index contributed by atoms with van der Waals surface area (Å²) < 4.78 is 121. The standard InChI is InChI=1S/C51H74N4O8S4/c1-14-53(65(58,59)49-40(8)25-35(3)26-41(49)9)20-17-18-22-55(67(62,63)51-44(12)29-37(5)30-45(51)13)33-47-31-46(47)32-54(66(60,61)50-42(10)27-36(4)28-43(50)11)21-16-15-19-52-64(56,57)48-38(6)23-34(2)24-39(48)7/h23-30,46-47,52H,14-22,31-33H2,1-13H3/t46-,47-/m1/s1. The number of benzene rings is 4. The molecular formula is C51H74N4O8S4. The third-order valence-corrected chi connectivity index (χ3v) is 21.4. The van der Waals surface area contributed by atoms with Crippen molar-refractivity contribution >= 4 is 40.1 Å². The third kappa shape index (κ3) is 12.7. The van der Waals surface area contributed by atoms with Gasteiger partial charge in [-0.05, 0) is 172 Å². The van der Waals surface area contributed by atoms with E-state index in [2.05, 4.69) is 4.72 Å². The summed E-state index contributed by atoms with van der Waals surface area (Å²) in [7, 11) is -15.6. The van der Waals surface area contributed by atoms with Crippen LogP contribution in [0.4, 0.5) is 0 Å². The molecule has 1 fully saturated rings. The van der Waals surface area contributed by atoms with E-state index in [1.807, 2.05) is 97.0 Å². The summed E-state index contributed by atoms with van der Waals surface area (Å²) >= 11 is 0. The number of rotatable bonds is 23. The average Bonchev–Trinajstić information content (AvgIpc) is 3.91. The number of aryl methyl sites for hydroxylation is 12. The summed E-state index contributed by atoms with van der Waals surface area (Å²) in [5, 5.41) is 0. The van der Waals surface area contributed by atoms with E-state index in [1.165, 1.54) is 12.9 Å². The van der Waals surface area contributed by atoms with Gasteiger partial charge in [-0.3, -0.25) is 0 Å². The lowest BCUT2D eigenvalue weighted by molar-refractivity contribution is 0.344. The largest absolute Gasteiger partial charge is 0.243 e. The van der Waals surface area contributed by atoms with Crippen LogP contribution in [-0.4, -0.2) is 92.4 Å². The number of hydrogen-bond acceptors (Lipinski definition) is 8. The average molecular weight is 999 g/mol. The van der Waals surface area contributed by atoms with Gasteiger partial charge in [0.15, 0.2) is 0 Å². The quantitative estimate of drug-likeness (QED) is 0.0722. The van der Waals surface area contributed by atoms with Crippen molar-refractivity contribution in [2.45, 2.75) is 142 Å². The number of hydrogen-bond donors (Lipinski definition) is 1. The Hall–Kier alpha value is -3.48. The lowest BCUT2D eigenvalue weighted by Crippen LogP contribution is -2.38. The predicted octanol–water partition coefficient (Wildman–Crippen LogP) is 8.96. The lowest BCUT2D eigenvalue weighted by atomic mass is 10.1. The minimum absolute atomic E-state index is 0.119. The molecule has 1 aliphatic rings. The summed E-state index contributed by atoms with van der Waals surface area (Å²) in [5.41, 5.74) is 9.18. The van der Waals surface area contributed by atoms with Crippen LogP contribution in [0.2, 0.25) is 0 Å². The molecule has 0 heterocycles. The molecule has 1 saturated carbocycles. The van der Waals surface area contributed by atoms with Crippen molar-refractivity contribution < 1.29 is 33.7 Å². The van der Waals surface area contributed by atoms with Gasteiger partial charge in [-0.15, -0.1) is 0 Å². The van der Waals surface area contributed by atoms with Crippen molar-refractivity contribution in [3.8, 4) is 0 Å². The highest BCUT2D eigenvalue weighted by Gasteiger charge is 2.44. The summed E-state index contributed by atoms with van der Waals surface area (Å²) in [4.78, 5) is 1.09. The van der Waals surface area contributed by atoms with Gasteiger partial charge >= 0.3 is 0 Å². The number of sulfonamides is 4. The van der Waals surface area contributed by atoms with Gasteiger partial charge in [-0.2, -0.15) is 12.9 Å². The van der Waals surface area contributed by atoms with Gasteiger partial charge in [-0.25, -0.2) is 38.4 Å². The molecule has 1 N–H and O–H groups in total. The molecule has 370 valence electrons. The van der Waals surface area contributed by atoms with Crippen molar-refractivity contribution in [2.24, 2.45) is 11.8 Å². The van der Waals surface area contributed by atoms with Crippen molar-refractivity contribution in [3.63, 3.8) is 0 Å². The molecule has 0 amide bonds. The van der Waals surface area contributed by atoms with E-state index < -0.39 is 40.1 Å². The summed E-state index contributed by atoms with van der Waals surface area (Å²) in [6.07, 6.45) is 2.27. The van der Waals surface area contributed by atoms with Gasteiger partial charge in [0, 0.05) is 45.8 Å². The molecule has 0 unspecified atom stereocenters. The molecule has 5 rings (SSSR count). The Morgan fingerprint density at radius 2 is 0.687 bits per heavy atom. The van der Waals surface area contributed by atoms with E-state index in [1.54, 1.807) is 41.5 Å². The van der Waals surface area contributed by atoms with Gasteiger partial charge in [0.25, 0.3) is 0 Å². The topological polar surface area (TPSA) is 158 Å². The Bertz CT molecular complexity index is 2840. The van der Waals surface area contributed by atoms with E-state index in [0.717, 1.165) is 22.3 Å². The number of nitrogens with zero attached hydrogens (tertiary/aromatic N) is 3. The molecule has 67 heavy (non-hydrogen) atoms. The smallest absolute Gasteiger partial charge is 0.211 e. The highest BCUT2D eigenvalue weighted by molar-refractivity contribution is 7.90. The molecule has 12 nitrogen and oxygen atoms in total. The molecule has 0 bridgehead atoms. The highest BCUT2D eigenvalue weighted by Crippen LogP contribution is 2.42. The monoisotopic (exact) mass is 998 g/mol. The summed E-state index contributed by atoms with van der Waals surface area (Å²) in [5.74, 6) is -0.238. The van der Waals surface area contributed by atoms with Crippen molar-refractivity contribution in [1.29, 1.82) is 0 Å². The van der Waals surface area contributed by atoms with E-state index >= 15 is 0 Å². The first-order valence-corrected chi connectivity index (χ1v) is 29.2. The van der Waals surface area contributed by atoms with Crippen LogP contribution in [0.15, 0.2) is 68.1 Å². The summed E-state index contributed by atoms with van der Waals surface area (Å²) in [6.45, 7) is 25.2. The van der Waals surface area contributed by atoms with Crippen molar-refractivity contribution in [1.82, 2.24) is 17.6 Å². The third-order valence-electron chi connectivity index (χ3n) is 13.0. The lowest BCUT2D eigenvalue weighted by Gasteiger charge is -2.27. The van der Waals surface area contributed by atoms with Crippen LogP contribution in [0.5, 0.6) is 0 Å². The number of unbranched alkanes of at least 4 members (excludes halogenated alkanes) is 2. The van der Waals surface area contributed by atoms with E-state index in [-0.39, 0.29) is 72.3 Å². The van der Waals surface area contributed by atoms with Crippen LogP contribution in [0.25, 0.3) is 0 Å². The Morgan fingerprint density at radius 1 is 0.418 bits per heavy atom. The normalized spacial score (nSPS) is 15.9. The zero-order valence-corrected chi connectivity index (χ0v) is 45.3. The molecule has 0 radical (unpaired) electrons. The molecule has 0 aliphatic heterocycles. The van der Waals surface area contributed by atoms with Crippen LogP contribution in [0, 0.1) is 94.9 Å². The zero-order chi connectivity index (χ0) is 50.0. The SMILES string of the molecule is CCN(CCCCN(C[C@H]1C[C@@H]1CN(CCCCNS(=O)(=O)c1c(C)cc(C)cc1C)S(=O)(=O)c1c(C)cc(C)cc1C)S(=O)(=O)c1c(C)cc(C)cc1C)S(=O)(=O)c1c(C)cc(C)cc1C. The van der Waals surface area contributed by atoms with Crippen LogP contribution >= 0.6 is 0 Å². The maximum atomic E-state index is 14.7. The first-order valence-electron chi connectivity index (χ1n) is 23.4. The summed E-state index contributed by atoms with van der Waals surface area (Å²) in [6, 6.07) is 14.9. The molecule has 2 atom stereocenters. The maximum absolute atomic E-state index is 14.7. The molecular weight excluding hydrogens is 925 g/mol. The first kappa shape index (κ1) is 54.5. The van der Waals surface area contributed by atoms with E-state index in [9.17, 15) is 33.7 Å². The Balaban J connectivity index is 1.35. The van der Waals surface area contributed by atoms with Gasteiger partial charge in [-0.1, -0.05) is 77.7 Å². The second-order valence-electron chi connectivity index (χ2n) is 19.2. The first-order chi connectivity index (χ1) is 31.1. The van der Waals surface area contributed by atoms with Crippen LogP contribution in [-0.2, 0) is 40.1 Å². The van der Waals surface area contributed by atoms with Gasteiger partial charge < -0.3 is 0 Å². The highest BCUT2D eigenvalue weighted by atomic mass is 32.2. The second-order valence-corrected chi connectivity index (χ2v) is 26.5. The van der Waals surface area contributed by atoms with Crippen LogP contribution < -0.4 is 4.72 Å². The maximum Gasteiger partial charge on any atom is 0.243 e. The second kappa shape index (κ2) is 21.7. The minimum Gasteiger partial charge on any atom is -0.211 e. The van der Waals surface area contributed by atoms with Crippen LogP contribution in [0.3, 0.4) is 0 Å². The molecule has 0 spiro atoms. The Labute approximate surface area is 403 Å². The Morgan fingerprint density at radius 3 is 1.00 bits per heavy atom. The molecule has 1 aliphatic carbocycles. The van der Waals surface area contributed by atoms with E-state index in [4.69, 9.17) is 0 Å².